The molecule has 0 spiro atoms. The number of benzene rings is 2. The molecule has 2 aromatic rings. The standard InChI is InChI=1S/C18H17Cl2FN2O3/c19-12-2-7-15(16(20)10-12)18(25)23-11-17(24)22-8-1-9-26-14-5-3-13(21)4-6-14/h2-7,10H,1,8-9,11H2,(H,22,24)(H,23,25). The molecule has 8 heteroatoms. The predicted molar refractivity (Wildman–Crippen MR) is 98.3 cm³/mol. The Morgan fingerprint density at radius 1 is 1.04 bits per heavy atom. The number of hydrogen-bond donors (Lipinski definition) is 2. The Morgan fingerprint density at radius 3 is 2.46 bits per heavy atom. The first-order valence-electron chi connectivity index (χ1n) is 7.84. The molecule has 0 heterocycles. The third kappa shape index (κ3) is 6.54. The van der Waals surface area contributed by atoms with Crippen molar-refractivity contribution in [1.82, 2.24) is 10.6 Å². The SMILES string of the molecule is O=C(CNC(=O)c1ccc(Cl)cc1Cl)NCCCOc1ccc(F)cc1. The van der Waals surface area contributed by atoms with E-state index in [-0.39, 0.29) is 28.9 Å². The molecule has 5 nitrogen and oxygen atoms in total. The third-order valence-corrected chi connectivity index (χ3v) is 3.86. The average Bonchev–Trinajstić information content (AvgIpc) is 2.61. The molecule has 0 saturated carbocycles. The number of hydrogen-bond acceptors (Lipinski definition) is 3. The molecule has 26 heavy (non-hydrogen) atoms. The minimum absolute atomic E-state index is 0.170. The average molecular weight is 399 g/mol. The van der Waals surface area contributed by atoms with Gasteiger partial charge in [0.05, 0.1) is 23.7 Å². The van der Waals surface area contributed by atoms with Crippen molar-refractivity contribution in [3.05, 3.63) is 63.9 Å². The molecule has 2 rings (SSSR count). The normalized spacial score (nSPS) is 10.3. The van der Waals surface area contributed by atoms with E-state index in [1.165, 1.54) is 36.4 Å². The summed E-state index contributed by atoms with van der Waals surface area (Å²) in [5, 5.41) is 5.79. The molecular formula is C18H17Cl2FN2O3. The number of ether oxygens (including phenoxy) is 1. The minimum atomic E-state index is -0.457. The van der Waals surface area contributed by atoms with E-state index in [4.69, 9.17) is 27.9 Å². The van der Waals surface area contributed by atoms with Crippen molar-refractivity contribution in [3.63, 3.8) is 0 Å². The Morgan fingerprint density at radius 2 is 1.77 bits per heavy atom. The van der Waals surface area contributed by atoms with Gasteiger partial charge in [0.15, 0.2) is 0 Å². The first-order valence-corrected chi connectivity index (χ1v) is 8.59. The number of halogens is 3. The Bertz CT molecular complexity index is 770. The molecule has 2 amide bonds. The van der Waals surface area contributed by atoms with Crippen LogP contribution >= 0.6 is 23.2 Å². The van der Waals surface area contributed by atoms with Gasteiger partial charge in [-0.3, -0.25) is 9.59 Å². The maximum absolute atomic E-state index is 12.7. The molecule has 0 saturated heterocycles. The monoisotopic (exact) mass is 398 g/mol. The van der Waals surface area contributed by atoms with E-state index in [0.717, 1.165) is 0 Å². The summed E-state index contributed by atoms with van der Waals surface area (Å²) < 4.78 is 18.2. The van der Waals surface area contributed by atoms with Gasteiger partial charge in [-0.05, 0) is 48.9 Å². The van der Waals surface area contributed by atoms with E-state index in [1.54, 1.807) is 6.07 Å². The highest BCUT2D eigenvalue weighted by molar-refractivity contribution is 6.36. The molecule has 0 aliphatic rings. The van der Waals surface area contributed by atoms with Crippen molar-refractivity contribution in [2.45, 2.75) is 6.42 Å². The highest BCUT2D eigenvalue weighted by Gasteiger charge is 2.11. The largest absolute Gasteiger partial charge is 0.494 e. The van der Waals surface area contributed by atoms with Crippen molar-refractivity contribution in [3.8, 4) is 5.75 Å². The minimum Gasteiger partial charge on any atom is -0.494 e. The van der Waals surface area contributed by atoms with Crippen molar-refractivity contribution >= 4 is 35.0 Å². The summed E-state index contributed by atoms with van der Waals surface area (Å²) >= 11 is 11.7. The summed E-state index contributed by atoms with van der Waals surface area (Å²) in [4.78, 5) is 23.7. The lowest BCUT2D eigenvalue weighted by Crippen LogP contribution is -2.37. The van der Waals surface area contributed by atoms with Crippen LogP contribution in [-0.2, 0) is 4.79 Å². The van der Waals surface area contributed by atoms with Crippen LogP contribution in [0.3, 0.4) is 0 Å². The van der Waals surface area contributed by atoms with Crippen molar-refractivity contribution in [2.75, 3.05) is 19.7 Å². The quantitative estimate of drug-likeness (QED) is 0.669. The Kier molecular flexibility index (Phi) is 7.69. The summed E-state index contributed by atoms with van der Waals surface area (Å²) in [6.07, 6.45) is 0.570. The molecule has 0 bridgehead atoms. The number of nitrogens with one attached hydrogen (secondary N) is 2. The number of rotatable bonds is 8. The Balaban J connectivity index is 1.62. The van der Waals surface area contributed by atoms with Gasteiger partial charge in [-0.25, -0.2) is 4.39 Å². The van der Waals surface area contributed by atoms with Gasteiger partial charge >= 0.3 is 0 Å². The second-order valence-electron chi connectivity index (χ2n) is 5.31. The molecule has 2 aromatic carbocycles. The van der Waals surface area contributed by atoms with Gasteiger partial charge in [-0.2, -0.15) is 0 Å². The van der Waals surface area contributed by atoms with E-state index in [1.807, 2.05) is 0 Å². The topological polar surface area (TPSA) is 67.4 Å². The van der Waals surface area contributed by atoms with Gasteiger partial charge in [0.25, 0.3) is 5.91 Å². The van der Waals surface area contributed by atoms with Crippen LogP contribution < -0.4 is 15.4 Å². The second-order valence-corrected chi connectivity index (χ2v) is 6.16. The second kappa shape index (κ2) is 9.99. The molecule has 2 N–H and O–H groups in total. The van der Waals surface area contributed by atoms with E-state index in [0.29, 0.717) is 30.3 Å². The summed E-state index contributed by atoms with van der Waals surface area (Å²) in [7, 11) is 0. The maximum Gasteiger partial charge on any atom is 0.253 e. The zero-order valence-electron chi connectivity index (χ0n) is 13.7. The van der Waals surface area contributed by atoms with Gasteiger partial charge in [0.1, 0.15) is 11.6 Å². The summed E-state index contributed by atoms with van der Waals surface area (Å²) in [6, 6.07) is 10.2. The van der Waals surface area contributed by atoms with E-state index in [2.05, 4.69) is 10.6 Å². The van der Waals surface area contributed by atoms with Gasteiger partial charge in [0, 0.05) is 11.6 Å². The zero-order valence-corrected chi connectivity index (χ0v) is 15.2. The van der Waals surface area contributed by atoms with Crippen LogP contribution in [0.2, 0.25) is 10.0 Å². The molecule has 0 radical (unpaired) electrons. The number of amides is 2. The summed E-state index contributed by atoms with van der Waals surface area (Å²) in [6.45, 7) is 0.590. The molecule has 0 fully saturated rings. The molecule has 0 aromatic heterocycles. The number of carbonyl (C=O) groups excluding carboxylic acids is 2. The fourth-order valence-electron chi connectivity index (χ4n) is 2.01. The lowest BCUT2D eigenvalue weighted by Gasteiger charge is -2.09. The van der Waals surface area contributed by atoms with Crippen LogP contribution in [0.1, 0.15) is 16.8 Å². The Hall–Kier alpha value is -2.31. The third-order valence-electron chi connectivity index (χ3n) is 3.31. The van der Waals surface area contributed by atoms with Crippen molar-refractivity contribution in [1.29, 1.82) is 0 Å². The lowest BCUT2D eigenvalue weighted by atomic mass is 10.2. The molecule has 138 valence electrons. The van der Waals surface area contributed by atoms with E-state index >= 15 is 0 Å². The van der Waals surface area contributed by atoms with Crippen LogP contribution in [0, 0.1) is 5.82 Å². The number of carbonyl (C=O) groups is 2. The van der Waals surface area contributed by atoms with Gasteiger partial charge in [-0.1, -0.05) is 23.2 Å². The van der Waals surface area contributed by atoms with Gasteiger partial charge in [0.2, 0.25) is 5.91 Å². The van der Waals surface area contributed by atoms with Crippen molar-refractivity contribution < 1.29 is 18.7 Å². The van der Waals surface area contributed by atoms with Crippen LogP contribution in [0.5, 0.6) is 5.75 Å². The first-order chi connectivity index (χ1) is 12.5. The van der Waals surface area contributed by atoms with E-state index < -0.39 is 5.91 Å². The molecule has 0 atom stereocenters. The fourth-order valence-corrected chi connectivity index (χ4v) is 2.51. The van der Waals surface area contributed by atoms with Crippen molar-refractivity contribution in [2.24, 2.45) is 0 Å². The molecule has 0 aliphatic carbocycles. The lowest BCUT2D eigenvalue weighted by molar-refractivity contribution is -0.120. The van der Waals surface area contributed by atoms with Crippen LogP contribution in [-0.4, -0.2) is 31.5 Å². The zero-order chi connectivity index (χ0) is 18.9. The van der Waals surface area contributed by atoms with Crippen LogP contribution in [0.15, 0.2) is 42.5 Å². The Labute approximate surface area is 160 Å². The van der Waals surface area contributed by atoms with Gasteiger partial charge in [-0.15, -0.1) is 0 Å². The smallest absolute Gasteiger partial charge is 0.253 e. The highest BCUT2D eigenvalue weighted by Crippen LogP contribution is 2.20. The van der Waals surface area contributed by atoms with Crippen LogP contribution in [0.4, 0.5) is 4.39 Å². The summed E-state index contributed by atoms with van der Waals surface area (Å²) in [5.41, 5.74) is 0.247. The summed E-state index contributed by atoms with van der Waals surface area (Å²) in [5.74, 6) is -0.553. The predicted octanol–water partition coefficient (Wildman–Crippen LogP) is 3.45. The molecule has 0 aliphatic heterocycles. The van der Waals surface area contributed by atoms with Gasteiger partial charge < -0.3 is 15.4 Å². The fraction of sp³-hybridized carbons (Fsp3) is 0.222. The maximum atomic E-state index is 12.7. The van der Waals surface area contributed by atoms with Crippen LogP contribution in [0.25, 0.3) is 0 Å². The first kappa shape index (κ1) is 20.0. The molecular weight excluding hydrogens is 382 g/mol. The van der Waals surface area contributed by atoms with E-state index in [9.17, 15) is 14.0 Å². The molecule has 0 unspecified atom stereocenters. The highest BCUT2D eigenvalue weighted by atomic mass is 35.5.